The summed E-state index contributed by atoms with van der Waals surface area (Å²) in [5.74, 6) is -0.177. The third-order valence-electron chi connectivity index (χ3n) is 4.24. The van der Waals surface area contributed by atoms with E-state index in [2.05, 4.69) is 10.6 Å². The number of rotatable bonds is 6. The van der Waals surface area contributed by atoms with Crippen molar-refractivity contribution in [1.29, 1.82) is 0 Å². The van der Waals surface area contributed by atoms with Crippen LogP contribution in [0.3, 0.4) is 0 Å². The van der Waals surface area contributed by atoms with Crippen molar-refractivity contribution in [2.24, 2.45) is 0 Å². The molecule has 1 aromatic carbocycles. The fourth-order valence-electron chi connectivity index (χ4n) is 2.78. The van der Waals surface area contributed by atoms with Crippen molar-refractivity contribution in [3.05, 3.63) is 59.7 Å². The van der Waals surface area contributed by atoms with Crippen LogP contribution in [0, 0.1) is 0 Å². The molecule has 0 spiro atoms. The van der Waals surface area contributed by atoms with Gasteiger partial charge in [0.05, 0.1) is 24.9 Å². The topological polar surface area (TPSA) is 115 Å². The third kappa shape index (κ3) is 5.01. The van der Waals surface area contributed by atoms with Crippen molar-refractivity contribution in [3.8, 4) is 5.75 Å². The van der Waals surface area contributed by atoms with Gasteiger partial charge in [0, 0.05) is 17.7 Å². The lowest BCUT2D eigenvalue weighted by molar-refractivity contribution is -0.118. The van der Waals surface area contributed by atoms with Crippen molar-refractivity contribution in [1.82, 2.24) is 10.6 Å². The summed E-state index contributed by atoms with van der Waals surface area (Å²) in [6, 6.07) is 9.20. The van der Waals surface area contributed by atoms with Crippen molar-refractivity contribution >= 4 is 27.7 Å². The second kappa shape index (κ2) is 8.30. The molecule has 9 heteroatoms. The van der Waals surface area contributed by atoms with Gasteiger partial charge in [-0.1, -0.05) is 0 Å². The molecule has 28 heavy (non-hydrogen) atoms. The molecule has 1 atom stereocenters. The minimum Gasteiger partial charge on any atom is -0.497 e. The van der Waals surface area contributed by atoms with Gasteiger partial charge in [-0.3, -0.25) is 9.59 Å². The monoisotopic (exact) mass is 404 g/mol. The molecule has 1 aliphatic rings. The van der Waals surface area contributed by atoms with E-state index in [0.717, 1.165) is 0 Å². The van der Waals surface area contributed by atoms with Crippen LogP contribution in [0.15, 0.2) is 52.8 Å². The summed E-state index contributed by atoms with van der Waals surface area (Å²) in [6.07, 6.45) is 3.17. The molecule has 0 saturated carbocycles. The summed E-state index contributed by atoms with van der Waals surface area (Å²) in [6.45, 7) is 0. The first kappa shape index (κ1) is 19.7. The van der Waals surface area contributed by atoms with Crippen molar-refractivity contribution < 1.29 is 27.2 Å². The Balaban J connectivity index is 1.77. The number of hydrogen-bond donors (Lipinski definition) is 2. The molecule has 2 N–H and O–H groups in total. The van der Waals surface area contributed by atoms with E-state index in [9.17, 15) is 18.0 Å². The lowest BCUT2D eigenvalue weighted by Gasteiger charge is -2.14. The highest BCUT2D eigenvalue weighted by atomic mass is 32.2. The number of furan rings is 1. The van der Waals surface area contributed by atoms with E-state index in [1.165, 1.54) is 19.4 Å². The van der Waals surface area contributed by atoms with Crippen LogP contribution in [-0.2, 0) is 14.6 Å². The number of amides is 2. The first-order valence-electron chi connectivity index (χ1n) is 8.58. The third-order valence-corrected chi connectivity index (χ3v) is 6.01. The molecule has 3 rings (SSSR count). The number of ether oxygens (including phenoxy) is 1. The van der Waals surface area contributed by atoms with E-state index < -0.39 is 27.7 Å². The molecule has 148 valence electrons. The molecule has 2 aromatic rings. The SMILES string of the molecule is COc1ccc(C(=O)N/C(=C\c2ccco2)C(=O)N[C@@H]2CCS(=O)(=O)C2)cc1. The highest BCUT2D eigenvalue weighted by molar-refractivity contribution is 7.91. The molecule has 1 aliphatic heterocycles. The Morgan fingerprint density at radius 3 is 2.54 bits per heavy atom. The van der Waals surface area contributed by atoms with E-state index in [1.54, 1.807) is 36.4 Å². The van der Waals surface area contributed by atoms with Crippen LogP contribution >= 0.6 is 0 Å². The van der Waals surface area contributed by atoms with E-state index in [-0.39, 0.29) is 17.2 Å². The summed E-state index contributed by atoms with van der Waals surface area (Å²) in [5, 5.41) is 5.22. The van der Waals surface area contributed by atoms with Crippen molar-refractivity contribution in [2.75, 3.05) is 18.6 Å². The number of methoxy groups -OCH3 is 1. The Labute approximate surface area is 162 Å². The highest BCUT2D eigenvalue weighted by Crippen LogP contribution is 2.14. The maximum atomic E-state index is 12.7. The van der Waals surface area contributed by atoms with Gasteiger partial charge < -0.3 is 19.8 Å². The van der Waals surface area contributed by atoms with E-state index >= 15 is 0 Å². The van der Waals surface area contributed by atoms with Crippen LogP contribution in [0.2, 0.25) is 0 Å². The molecule has 2 heterocycles. The van der Waals surface area contributed by atoms with Crippen LogP contribution < -0.4 is 15.4 Å². The van der Waals surface area contributed by atoms with Crippen molar-refractivity contribution in [3.63, 3.8) is 0 Å². The standard InChI is InChI=1S/C19H20N2O6S/c1-26-15-6-4-13(5-7-15)18(22)21-17(11-16-3-2-9-27-16)19(23)20-14-8-10-28(24,25)12-14/h2-7,9,11,14H,8,10,12H2,1H3,(H,20,23)(H,21,22)/b17-11-/t14-/m1/s1. The molecule has 0 bridgehead atoms. The number of sulfone groups is 1. The molecule has 1 fully saturated rings. The normalized spacial score (nSPS) is 18.5. The van der Waals surface area contributed by atoms with Gasteiger partial charge in [-0.15, -0.1) is 0 Å². The summed E-state index contributed by atoms with van der Waals surface area (Å²) in [5.41, 5.74) is 0.294. The van der Waals surface area contributed by atoms with Crippen LogP contribution in [0.4, 0.5) is 0 Å². The van der Waals surface area contributed by atoms with Crippen LogP contribution in [-0.4, -0.2) is 44.9 Å². The number of benzene rings is 1. The molecule has 0 unspecified atom stereocenters. The van der Waals surface area contributed by atoms with E-state index in [1.807, 2.05) is 0 Å². The fourth-order valence-corrected chi connectivity index (χ4v) is 4.46. The fraction of sp³-hybridized carbons (Fsp3) is 0.263. The zero-order valence-electron chi connectivity index (χ0n) is 15.2. The Morgan fingerprint density at radius 2 is 1.96 bits per heavy atom. The van der Waals surface area contributed by atoms with E-state index in [4.69, 9.17) is 9.15 Å². The molecular weight excluding hydrogens is 384 g/mol. The quantitative estimate of drug-likeness (QED) is 0.703. The van der Waals surface area contributed by atoms with Gasteiger partial charge in [0.25, 0.3) is 11.8 Å². The molecule has 0 aliphatic carbocycles. The predicted molar refractivity (Wildman–Crippen MR) is 102 cm³/mol. The minimum atomic E-state index is -3.14. The predicted octanol–water partition coefficient (Wildman–Crippen LogP) is 1.36. The molecule has 1 aromatic heterocycles. The molecule has 1 saturated heterocycles. The zero-order valence-corrected chi connectivity index (χ0v) is 16.0. The van der Waals surface area contributed by atoms with Gasteiger partial charge >= 0.3 is 0 Å². The lowest BCUT2D eigenvalue weighted by Crippen LogP contribution is -2.41. The second-order valence-electron chi connectivity index (χ2n) is 6.33. The number of nitrogens with one attached hydrogen (secondary N) is 2. The number of hydrogen-bond acceptors (Lipinski definition) is 6. The Morgan fingerprint density at radius 1 is 1.21 bits per heavy atom. The Bertz CT molecular complexity index is 978. The smallest absolute Gasteiger partial charge is 0.268 e. The van der Waals surface area contributed by atoms with Crippen molar-refractivity contribution in [2.45, 2.75) is 12.5 Å². The maximum absolute atomic E-state index is 12.7. The number of carbonyl (C=O) groups is 2. The maximum Gasteiger partial charge on any atom is 0.268 e. The van der Waals surface area contributed by atoms with Crippen LogP contribution in [0.1, 0.15) is 22.5 Å². The van der Waals surface area contributed by atoms with Crippen LogP contribution in [0.5, 0.6) is 5.75 Å². The molecule has 0 radical (unpaired) electrons. The van der Waals surface area contributed by atoms with Gasteiger partial charge in [-0.2, -0.15) is 0 Å². The molecule has 2 amide bonds. The zero-order chi connectivity index (χ0) is 20.1. The summed E-state index contributed by atoms with van der Waals surface area (Å²) in [7, 11) is -1.62. The van der Waals surface area contributed by atoms with Gasteiger partial charge in [0.2, 0.25) is 0 Å². The van der Waals surface area contributed by atoms with Gasteiger partial charge in [-0.25, -0.2) is 8.42 Å². The first-order chi connectivity index (χ1) is 13.4. The summed E-state index contributed by atoms with van der Waals surface area (Å²) in [4.78, 5) is 25.2. The lowest BCUT2D eigenvalue weighted by atomic mass is 10.2. The minimum absolute atomic E-state index is 0.0351. The van der Waals surface area contributed by atoms with Gasteiger partial charge in [-0.05, 0) is 42.8 Å². The van der Waals surface area contributed by atoms with Crippen LogP contribution in [0.25, 0.3) is 6.08 Å². The number of carbonyl (C=O) groups excluding carboxylic acids is 2. The first-order valence-corrected chi connectivity index (χ1v) is 10.4. The largest absolute Gasteiger partial charge is 0.497 e. The Kier molecular flexibility index (Phi) is 5.84. The van der Waals surface area contributed by atoms with Gasteiger partial charge in [0.1, 0.15) is 17.2 Å². The Hall–Kier alpha value is -3.07. The average Bonchev–Trinajstić information content (AvgIpc) is 3.30. The average molecular weight is 404 g/mol. The van der Waals surface area contributed by atoms with E-state index in [0.29, 0.717) is 23.5 Å². The molecule has 8 nitrogen and oxygen atoms in total. The molecular formula is C19H20N2O6S. The summed E-state index contributed by atoms with van der Waals surface area (Å²) >= 11 is 0. The second-order valence-corrected chi connectivity index (χ2v) is 8.56. The summed E-state index contributed by atoms with van der Waals surface area (Å²) < 4.78 is 33.5. The van der Waals surface area contributed by atoms with Gasteiger partial charge in [0.15, 0.2) is 9.84 Å². The highest BCUT2D eigenvalue weighted by Gasteiger charge is 2.30.